The van der Waals surface area contributed by atoms with Gasteiger partial charge < -0.3 is 14.5 Å². The second kappa shape index (κ2) is 6.91. The van der Waals surface area contributed by atoms with Crippen molar-refractivity contribution in [1.82, 2.24) is 0 Å². The van der Waals surface area contributed by atoms with E-state index in [2.05, 4.69) is 37.2 Å². The van der Waals surface area contributed by atoms with Gasteiger partial charge >= 0.3 is 5.97 Å². The van der Waals surface area contributed by atoms with Crippen molar-refractivity contribution in [2.24, 2.45) is 0 Å². The molecule has 0 aliphatic heterocycles. The number of hydrogen-bond donors (Lipinski definition) is 1. The average molecular weight is 417 g/mol. The number of anilines is 1. The molecule has 0 saturated heterocycles. The maximum atomic E-state index is 11.7. The van der Waals surface area contributed by atoms with Gasteiger partial charge in [0, 0.05) is 10.2 Å². The molecule has 110 valence electrons. The first kappa shape index (κ1) is 15.8. The number of carbonyl (C=O) groups excluding carboxylic acids is 2. The summed E-state index contributed by atoms with van der Waals surface area (Å²) in [7, 11) is 0. The number of carbonyl (C=O) groups is 2. The van der Waals surface area contributed by atoms with E-state index in [0.29, 0.717) is 10.4 Å². The van der Waals surface area contributed by atoms with Gasteiger partial charge in [0.2, 0.25) is 5.76 Å². The lowest BCUT2D eigenvalue weighted by atomic mass is 10.2. The van der Waals surface area contributed by atoms with Crippen LogP contribution in [0.4, 0.5) is 5.69 Å². The summed E-state index contributed by atoms with van der Waals surface area (Å²) in [6.45, 7) is 1.53. The standard InChI is InChI=1S/C14H11Br2NO4/c1-8-6-9(2-3-10(8)15)17-13(18)7-20-14(19)11-4-5-12(16)21-11/h2-6H,7H2,1H3,(H,17,18). The Morgan fingerprint density at radius 2 is 2.00 bits per heavy atom. The lowest BCUT2D eigenvalue weighted by Gasteiger charge is -2.07. The number of furan rings is 1. The largest absolute Gasteiger partial charge is 0.450 e. The average Bonchev–Trinajstić information content (AvgIpc) is 2.87. The van der Waals surface area contributed by atoms with Crippen LogP contribution >= 0.6 is 31.9 Å². The Hall–Kier alpha value is -1.60. The molecule has 7 heteroatoms. The molecule has 0 unspecified atom stereocenters. The lowest BCUT2D eigenvalue weighted by Crippen LogP contribution is -2.20. The van der Waals surface area contributed by atoms with E-state index in [-0.39, 0.29) is 12.4 Å². The van der Waals surface area contributed by atoms with Crippen LogP contribution in [0.25, 0.3) is 0 Å². The Morgan fingerprint density at radius 3 is 2.62 bits per heavy atom. The number of esters is 1. The fraction of sp³-hybridized carbons (Fsp3) is 0.143. The van der Waals surface area contributed by atoms with Gasteiger partial charge in [-0.2, -0.15) is 0 Å². The van der Waals surface area contributed by atoms with Gasteiger partial charge in [0.15, 0.2) is 11.3 Å². The van der Waals surface area contributed by atoms with Gasteiger partial charge in [0.05, 0.1) is 0 Å². The number of benzene rings is 1. The fourth-order valence-electron chi connectivity index (χ4n) is 1.55. The Balaban J connectivity index is 1.87. The second-order valence-electron chi connectivity index (χ2n) is 4.19. The van der Waals surface area contributed by atoms with Crippen LogP contribution in [0.3, 0.4) is 0 Å². The SMILES string of the molecule is Cc1cc(NC(=O)COC(=O)c2ccc(Br)o2)ccc1Br. The van der Waals surface area contributed by atoms with Gasteiger partial charge in [0.25, 0.3) is 5.91 Å². The molecule has 0 aliphatic rings. The van der Waals surface area contributed by atoms with E-state index < -0.39 is 11.9 Å². The highest BCUT2D eigenvalue weighted by Gasteiger charge is 2.14. The number of amides is 1. The van der Waals surface area contributed by atoms with Gasteiger partial charge in [-0.25, -0.2) is 4.79 Å². The van der Waals surface area contributed by atoms with Gasteiger partial charge in [-0.1, -0.05) is 15.9 Å². The summed E-state index contributed by atoms with van der Waals surface area (Å²) < 4.78 is 11.3. The predicted molar refractivity (Wildman–Crippen MR) is 84.2 cm³/mol. The van der Waals surface area contributed by atoms with Crippen molar-refractivity contribution in [3.63, 3.8) is 0 Å². The van der Waals surface area contributed by atoms with E-state index in [4.69, 9.17) is 9.15 Å². The van der Waals surface area contributed by atoms with E-state index in [1.54, 1.807) is 12.1 Å². The highest BCUT2D eigenvalue weighted by Crippen LogP contribution is 2.20. The predicted octanol–water partition coefficient (Wildman–Crippen LogP) is 3.91. The van der Waals surface area contributed by atoms with Crippen molar-refractivity contribution < 1.29 is 18.7 Å². The van der Waals surface area contributed by atoms with Crippen molar-refractivity contribution in [2.45, 2.75) is 6.92 Å². The third-order valence-electron chi connectivity index (χ3n) is 2.55. The quantitative estimate of drug-likeness (QED) is 0.767. The van der Waals surface area contributed by atoms with E-state index in [9.17, 15) is 9.59 Å². The van der Waals surface area contributed by atoms with Crippen LogP contribution in [-0.4, -0.2) is 18.5 Å². The van der Waals surface area contributed by atoms with Crippen molar-refractivity contribution in [3.8, 4) is 0 Å². The zero-order chi connectivity index (χ0) is 15.4. The summed E-state index contributed by atoms with van der Waals surface area (Å²) >= 11 is 6.46. The molecule has 0 radical (unpaired) electrons. The van der Waals surface area contributed by atoms with Crippen LogP contribution in [0.2, 0.25) is 0 Å². The molecule has 0 atom stereocenters. The Morgan fingerprint density at radius 1 is 1.24 bits per heavy atom. The number of halogens is 2. The van der Waals surface area contributed by atoms with Crippen LogP contribution < -0.4 is 5.32 Å². The molecule has 0 aliphatic carbocycles. The molecule has 1 N–H and O–H groups in total. The first-order valence-electron chi connectivity index (χ1n) is 5.94. The summed E-state index contributed by atoms with van der Waals surface area (Å²) in [5, 5.41) is 2.65. The zero-order valence-electron chi connectivity index (χ0n) is 11.0. The minimum atomic E-state index is -0.692. The van der Waals surface area contributed by atoms with E-state index in [1.807, 2.05) is 19.1 Å². The van der Waals surface area contributed by atoms with Crippen LogP contribution in [0.1, 0.15) is 16.1 Å². The molecule has 1 amide bonds. The smallest absolute Gasteiger partial charge is 0.374 e. The molecule has 2 rings (SSSR count). The minimum absolute atomic E-state index is 0.0363. The lowest BCUT2D eigenvalue weighted by molar-refractivity contribution is -0.119. The molecule has 0 fully saturated rings. The van der Waals surface area contributed by atoms with Gasteiger partial charge in [-0.3, -0.25) is 4.79 Å². The Bertz CT molecular complexity index is 681. The maximum Gasteiger partial charge on any atom is 0.374 e. The molecule has 0 spiro atoms. The third kappa shape index (κ3) is 4.44. The molecule has 2 aromatic rings. The van der Waals surface area contributed by atoms with Gasteiger partial charge in [0.1, 0.15) is 0 Å². The van der Waals surface area contributed by atoms with Crippen molar-refractivity contribution in [1.29, 1.82) is 0 Å². The zero-order valence-corrected chi connectivity index (χ0v) is 14.2. The first-order chi connectivity index (χ1) is 9.95. The highest BCUT2D eigenvalue weighted by molar-refractivity contribution is 9.10. The molecular formula is C14H11Br2NO4. The molecule has 5 nitrogen and oxygen atoms in total. The van der Waals surface area contributed by atoms with Crippen LogP contribution in [0.15, 0.2) is 43.9 Å². The van der Waals surface area contributed by atoms with Crippen molar-refractivity contribution in [3.05, 3.63) is 50.8 Å². The summed E-state index contributed by atoms with van der Waals surface area (Å²) in [5.41, 5.74) is 1.63. The Labute approximate surface area is 137 Å². The topological polar surface area (TPSA) is 68.5 Å². The monoisotopic (exact) mass is 415 g/mol. The second-order valence-corrected chi connectivity index (χ2v) is 5.83. The molecule has 0 saturated carbocycles. The Kier molecular flexibility index (Phi) is 5.19. The van der Waals surface area contributed by atoms with E-state index in [0.717, 1.165) is 10.0 Å². The van der Waals surface area contributed by atoms with Crippen molar-refractivity contribution in [2.75, 3.05) is 11.9 Å². The summed E-state index contributed by atoms with van der Waals surface area (Å²) in [4.78, 5) is 23.3. The van der Waals surface area contributed by atoms with E-state index >= 15 is 0 Å². The normalized spacial score (nSPS) is 10.2. The maximum absolute atomic E-state index is 11.7. The van der Waals surface area contributed by atoms with Gasteiger partial charge in [-0.05, 0) is 58.7 Å². The number of nitrogens with one attached hydrogen (secondary N) is 1. The molecule has 1 aromatic heterocycles. The van der Waals surface area contributed by atoms with Crippen LogP contribution in [0, 0.1) is 6.92 Å². The minimum Gasteiger partial charge on any atom is -0.450 e. The molecular weight excluding hydrogens is 406 g/mol. The molecule has 21 heavy (non-hydrogen) atoms. The first-order valence-corrected chi connectivity index (χ1v) is 7.53. The molecule has 1 aromatic carbocycles. The van der Waals surface area contributed by atoms with Crippen LogP contribution in [-0.2, 0) is 9.53 Å². The summed E-state index contributed by atoms with van der Waals surface area (Å²) in [5.74, 6) is -1.08. The van der Waals surface area contributed by atoms with Gasteiger partial charge in [-0.15, -0.1) is 0 Å². The highest BCUT2D eigenvalue weighted by atomic mass is 79.9. The summed E-state index contributed by atoms with van der Waals surface area (Å²) in [6, 6.07) is 8.43. The van der Waals surface area contributed by atoms with Crippen molar-refractivity contribution >= 4 is 49.4 Å². The fourth-order valence-corrected chi connectivity index (χ4v) is 2.10. The van der Waals surface area contributed by atoms with Crippen LogP contribution in [0.5, 0.6) is 0 Å². The number of hydrogen-bond acceptors (Lipinski definition) is 4. The number of rotatable bonds is 4. The summed E-state index contributed by atoms with van der Waals surface area (Å²) in [6.07, 6.45) is 0. The molecule has 0 bridgehead atoms. The number of aryl methyl sites for hydroxylation is 1. The number of ether oxygens (including phenoxy) is 1. The molecule has 1 heterocycles. The van der Waals surface area contributed by atoms with E-state index in [1.165, 1.54) is 6.07 Å². The third-order valence-corrected chi connectivity index (χ3v) is 3.87.